The number of unbranched alkanes of at least 4 members (excludes halogenated alkanes) is 15. The van der Waals surface area contributed by atoms with Gasteiger partial charge >= 0.3 is 19.8 Å². The highest BCUT2D eigenvalue weighted by atomic mass is 31.2. The van der Waals surface area contributed by atoms with Crippen LogP contribution < -0.4 is 0 Å². The monoisotopic (exact) mass is 722 g/mol. The molecule has 0 spiro atoms. The molecule has 0 heterocycles. The van der Waals surface area contributed by atoms with Crippen molar-refractivity contribution >= 4 is 19.8 Å². The molecule has 0 radical (unpaired) electrons. The Morgan fingerprint density at radius 2 is 0.940 bits per heavy atom. The average molecular weight is 723 g/mol. The number of ether oxygens (including phenoxy) is 2. The number of phosphoric ester groups is 1. The van der Waals surface area contributed by atoms with E-state index in [-0.39, 0.29) is 19.4 Å². The Morgan fingerprint density at radius 3 is 1.42 bits per heavy atom. The fourth-order valence-corrected chi connectivity index (χ4v) is 5.48. The summed E-state index contributed by atoms with van der Waals surface area (Å²) in [5.41, 5.74) is 0. The first-order valence-corrected chi connectivity index (χ1v) is 21.1. The summed E-state index contributed by atoms with van der Waals surface area (Å²) in [7, 11) is -4.77. The van der Waals surface area contributed by atoms with Crippen molar-refractivity contribution in [2.45, 2.75) is 174 Å². The molecule has 288 valence electrons. The van der Waals surface area contributed by atoms with Crippen molar-refractivity contribution in [3.8, 4) is 0 Å². The lowest BCUT2D eigenvalue weighted by atomic mass is 10.0. The van der Waals surface area contributed by atoms with Crippen molar-refractivity contribution < 1.29 is 37.9 Å². The van der Waals surface area contributed by atoms with E-state index in [9.17, 15) is 14.2 Å². The van der Waals surface area contributed by atoms with Crippen LogP contribution in [0.5, 0.6) is 0 Å². The maximum absolute atomic E-state index is 12.3. The summed E-state index contributed by atoms with van der Waals surface area (Å²) < 4.78 is 26.2. The van der Waals surface area contributed by atoms with E-state index in [0.717, 1.165) is 38.5 Å². The highest BCUT2D eigenvalue weighted by Crippen LogP contribution is 2.35. The zero-order valence-electron chi connectivity index (χ0n) is 31.5. The first-order valence-electron chi connectivity index (χ1n) is 19.6. The molecule has 8 nitrogen and oxygen atoms in total. The Bertz CT molecular complexity index is 995. The number of rotatable bonds is 35. The highest BCUT2D eigenvalue weighted by Gasteiger charge is 2.22. The van der Waals surface area contributed by atoms with Gasteiger partial charge in [0.2, 0.25) is 0 Å². The summed E-state index contributed by atoms with van der Waals surface area (Å²) in [6.07, 6.45) is 45.2. The number of hydrogen-bond donors (Lipinski definition) is 2. The second-order valence-corrected chi connectivity index (χ2v) is 14.1. The molecule has 0 aliphatic heterocycles. The SMILES string of the molecule is CCCCC/C=C\C/C=C\C/C=C\C/C=C\C/C=C\CCC(=O)O[C@H](COC(=O)CCCCCCCCCCCCCCC)COP(=O)(O)O. The van der Waals surface area contributed by atoms with Gasteiger partial charge in [-0.2, -0.15) is 0 Å². The highest BCUT2D eigenvalue weighted by molar-refractivity contribution is 7.46. The normalized spacial score (nSPS) is 13.1. The zero-order valence-corrected chi connectivity index (χ0v) is 32.4. The summed E-state index contributed by atoms with van der Waals surface area (Å²) in [5, 5.41) is 0. The molecular weight excluding hydrogens is 651 g/mol. The van der Waals surface area contributed by atoms with Gasteiger partial charge in [-0.1, -0.05) is 164 Å². The van der Waals surface area contributed by atoms with Crippen molar-refractivity contribution in [2.75, 3.05) is 13.2 Å². The lowest BCUT2D eigenvalue weighted by molar-refractivity contribution is -0.161. The summed E-state index contributed by atoms with van der Waals surface area (Å²) in [6, 6.07) is 0. The third-order valence-corrected chi connectivity index (χ3v) is 8.54. The quantitative estimate of drug-likeness (QED) is 0.0287. The third kappa shape index (κ3) is 38.6. The maximum atomic E-state index is 12.3. The molecule has 0 unspecified atom stereocenters. The molecule has 50 heavy (non-hydrogen) atoms. The maximum Gasteiger partial charge on any atom is 0.469 e. The Balaban J connectivity index is 4.10. The molecule has 9 heteroatoms. The molecule has 0 aromatic heterocycles. The fraction of sp³-hybridized carbons (Fsp3) is 0.707. The van der Waals surface area contributed by atoms with Gasteiger partial charge in [-0.25, -0.2) is 4.57 Å². The third-order valence-electron chi connectivity index (χ3n) is 8.05. The Labute approximate surface area is 305 Å². The Hall–Kier alpha value is -2.25. The van der Waals surface area contributed by atoms with Crippen LogP contribution in [0.3, 0.4) is 0 Å². The number of hydrogen-bond acceptors (Lipinski definition) is 6. The van der Waals surface area contributed by atoms with Crippen molar-refractivity contribution in [3.63, 3.8) is 0 Å². The average Bonchev–Trinajstić information content (AvgIpc) is 3.08. The van der Waals surface area contributed by atoms with Gasteiger partial charge in [-0.3, -0.25) is 14.1 Å². The minimum Gasteiger partial charge on any atom is -0.462 e. The topological polar surface area (TPSA) is 119 Å². The first-order chi connectivity index (χ1) is 24.3. The van der Waals surface area contributed by atoms with Gasteiger partial charge in [0.15, 0.2) is 6.10 Å². The van der Waals surface area contributed by atoms with Crippen LogP contribution in [-0.4, -0.2) is 41.0 Å². The van der Waals surface area contributed by atoms with Crippen molar-refractivity contribution in [3.05, 3.63) is 60.8 Å². The van der Waals surface area contributed by atoms with Crippen LogP contribution in [-0.2, 0) is 28.2 Å². The standard InChI is InChI=1S/C41H71O8P/c1-3-5-7-9-11-13-15-17-18-19-20-21-22-24-26-28-30-32-34-36-41(43)49-39(38-48-50(44,45)46)37-47-40(42)35-33-31-29-27-25-23-16-14-12-10-8-6-4-2/h11,13,17-18,20-21,24,26,30,32,39H,3-10,12,14-16,19,22-23,25,27-29,31,33-38H2,1-2H3,(H2,44,45,46)/b13-11-,18-17-,21-20-,26-24-,32-30-/t39-/m1/s1. The van der Waals surface area contributed by atoms with Gasteiger partial charge in [0.05, 0.1) is 6.61 Å². The molecule has 1 atom stereocenters. The van der Waals surface area contributed by atoms with E-state index in [0.29, 0.717) is 12.8 Å². The predicted octanol–water partition coefficient (Wildman–Crippen LogP) is 11.7. The minimum absolute atomic E-state index is 0.0877. The molecule has 0 aliphatic carbocycles. The predicted molar refractivity (Wildman–Crippen MR) is 207 cm³/mol. The molecule has 0 saturated carbocycles. The van der Waals surface area contributed by atoms with Crippen LogP contribution in [0.25, 0.3) is 0 Å². The summed E-state index contributed by atoms with van der Waals surface area (Å²) in [6.45, 7) is 3.58. The van der Waals surface area contributed by atoms with Crippen LogP contribution in [0.2, 0.25) is 0 Å². The summed E-state index contributed by atoms with van der Waals surface area (Å²) in [5.74, 6) is -0.982. The van der Waals surface area contributed by atoms with E-state index < -0.39 is 32.5 Å². The zero-order chi connectivity index (χ0) is 36.8. The molecule has 0 bridgehead atoms. The Kier molecular flexibility index (Phi) is 34.9. The van der Waals surface area contributed by atoms with Crippen LogP contribution in [0.1, 0.15) is 168 Å². The van der Waals surface area contributed by atoms with Gasteiger partial charge in [-0.15, -0.1) is 0 Å². The molecular formula is C41H71O8P. The largest absolute Gasteiger partial charge is 0.469 e. The number of esters is 2. The van der Waals surface area contributed by atoms with Gasteiger partial charge in [0, 0.05) is 12.8 Å². The van der Waals surface area contributed by atoms with E-state index in [1.54, 1.807) is 0 Å². The number of phosphoric acid groups is 1. The molecule has 0 aliphatic rings. The lowest BCUT2D eigenvalue weighted by Gasteiger charge is -2.18. The van der Waals surface area contributed by atoms with Gasteiger partial charge < -0.3 is 19.3 Å². The fourth-order valence-electron chi connectivity index (χ4n) is 5.12. The number of carbonyl (C=O) groups excluding carboxylic acids is 2. The van der Waals surface area contributed by atoms with Gasteiger partial charge in [-0.05, 0) is 51.4 Å². The van der Waals surface area contributed by atoms with Crippen LogP contribution in [0, 0.1) is 0 Å². The Morgan fingerprint density at radius 1 is 0.520 bits per heavy atom. The molecule has 0 amide bonds. The second kappa shape index (κ2) is 36.5. The van der Waals surface area contributed by atoms with Crippen LogP contribution in [0.15, 0.2) is 60.8 Å². The van der Waals surface area contributed by atoms with Crippen molar-refractivity contribution in [2.24, 2.45) is 0 Å². The lowest BCUT2D eigenvalue weighted by Crippen LogP contribution is -2.29. The molecule has 0 aromatic rings. The van der Waals surface area contributed by atoms with E-state index in [4.69, 9.17) is 19.3 Å². The molecule has 2 N–H and O–H groups in total. The first kappa shape index (κ1) is 47.8. The molecule has 0 rings (SSSR count). The smallest absolute Gasteiger partial charge is 0.462 e. The second-order valence-electron chi connectivity index (χ2n) is 12.9. The van der Waals surface area contributed by atoms with E-state index in [1.807, 2.05) is 12.2 Å². The molecule has 0 aromatic carbocycles. The van der Waals surface area contributed by atoms with E-state index in [1.165, 1.54) is 89.9 Å². The van der Waals surface area contributed by atoms with Gasteiger partial charge in [0.1, 0.15) is 6.61 Å². The van der Waals surface area contributed by atoms with Crippen LogP contribution >= 0.6 is 7.82 Å². The van der Waals surface area contributed by atoms with E-state index in [2.05, 4.69) is 67.0 Å². The van der Waals surface area contributed by atoms with Crippen molar-refractivity contribution in [1.82, 2.24) is 0 Å². The van der Waals surface area contributed by atoms with E-state index >= 15 is 0 Å². The minimum atomic E-state index is -4.77. The van der Waals surface area contributed by atoms with Crippen molar-refractivity contribution in [1.29, 1.82) is 0 Å². The summed E-state index contributed by atoms with van der Waals surface area (Å²) in [4.78, 5) is 42.7. The van der Waals surface area contributed by atoms with Crippen LogP contribution in [0.4, 0.5) is 0 Å². The number of allylic oxidation sites excluding steroid dienone is 10. The molecule has 0 saturated heterocycles. The molecule has 0 fully saturated rings. The summed E-state index contributed by atoms with van der Waals surface area (Å²) >= 11 is 0. The van der Waals surface area contributed by atoms with Gasteiger partial charge in [0.25, 0.3) is 0 Å². The number of carbonyl (C=O) groups is 2.